The predicted molar refractivity (Wildman–Crippen MR) is 139 cm³/mol. The Balaban J connectivity index is 1.34. The van der Waals surface area contributed by atoms with E-state index in [1.165, 1.54) is 0 Å². The van der Waals surface area contributed by atoms with E-state index in [1.54, 1.807) is 11.1 Å². The highest BCUT2D eigenvalue weighted by molar-refractivity contribution is 5.79. The van der Waals surface area contributed by atoms with Crippen LogP contribution in [0.2, 0.25) is 0 Å². The lowest BCUT2D eigenvalue weighted by molar-refractivity contribution is -0.136. The number of hydrogen-bond donors (Lipinski definition) is 1. The van der Waals surface area contributed by atoms with E-state index in [0.29, 0.717) is 58.7 Å². The summed E-state index contributed by atoms with van der Waals surface area (Å²) < 4.78 is 6.14. The molecule has 0 unspecified atom stereocenters. The maximum Gasteiger partial charge on any atom is 0.236 e. The van der Waals surface area contributed by atoms with Crippen molar-refractivity contribution in [3.63, 3.8) is 0 Å². The Kier molecular flexibility index (Phi) is 8.16. The summed E-state index contributed by atoms with van der Waals surface area (Å²) in [6, 6.07) is 13.8. The Morgan fingerprint density at radius 3 is 2.73 bits per heavy atom. The number of aliphatic hydroxyl groups excluding tert-OH is 1. The molecule has 3 aliphatic heterocycles. The number of carbonyl (C=O) groups excluding carboxylic acids is 2. The van der Waals surface area contributed by atoms with E-state index in [4.69, 9.17) is 4.74 Å². The molecule has 2 fully saturated rings. The van der Waals surface area contributed by atoms with Crippen molar-refractivity contribution >= 4 is 11.8 Å². The van der Waals surface area contributed by atoms with E-state index in [-0.39, 0.29) is 30.2 Å². The standard InChI is InChI=1S/C29H36N4O4/c34-26-11-14-33(20-26)28(35)16-22-10-13-32-18-23(22)7-5-15-37-27-9-2-1-6-24(27)17-31(21-29(32)36)19-25-8-3-4-12-30-25/h1-9,12,22-23,26,34H,10-11,13-21H2/t22-,23-,26+/m0/s1. The fraction of sp³-hybridized carbons (Fsp3) is 0.483. The van der Waals surface area contributed by atoms with Crippen LogP contribution in [0, 0.1) is 11.8 Å². The summed E-state index contributed by atoms with van der Waals surface area (Å²) in [7, 11) is 0. The van der Waals surface area contributed by atoms with E-state index in [9.17, 15) is 14.7 Å². The minimum Gasteiger partial charge on any atom is -0.489 e. The molecule has 1 aromatic heterocycles. The molecular weight excluding hydrogens is 468 g/mol. The van der Waals surface area contributed by atoms with Crippen LogP contribution in [0.25, 0.3) is 0 Å². The minimum absolute atomic E-state index is 0.0815. The van der Waals surface area contributed by atoms with Gasteiger partial charge in [0.25, 0.3) is 0 Å². The van der Waals surface area contributed by atoms with Gasteiger partial charge >= 0.3 is 0 Å². The number of aliphatic hydroxyl groups is 1. The summed E-state index contributed by atoms with van der Waals surface area (Å²) in [6.07, 6.45) is 7.39. The molecule has 8 heteroatoms. The lowest BCUT2D eigenvalue weighted by atomic mass is 9.82. The van der Waals surface area contributed by atoms with Gasteiger partial charge in [-0.05, 0) is 42.9 Å². The molecule has 3 aliphatic rings. The fourth-order valence-corrected chi connectivity index (χ4v) is 5.61. The van der Waals surface area contributed by atoms with Crippen molar-refractivity contribution in [2.45, 2.75) is 38.5 Å². The quantitative estimate of drug-likeness (QED) is 0.644. The van der Waals surface area contributed by atoms with Gasteiger partial charge in [-0.15, -0.1) is 0 Å². The molecule has 2 saturated heterocycles. The van der Waals surface area contributed by atoms with Crippen molar-refractivity contribution in [3.05, 3.63) is 72.1 Å². The zero-order valence-electron chi connectivity index (χ0n) is 21.2. The topological polar surface area (TPSA) is 86.2 Å². The number of aromatic nitrogens is 1. The first-order valence-corrected chi connectivity index (χ1v) is 13.3. The van der Waals surface area contributed by atoms with Crippen LogP contribution in [-0.2, 0) is 22.7 Å². The van der Waals surface area contributed by atoms with Crippen LogP contribution in [0.15, 0.2) is 60.8 Å². The molecule has 0 radical (unpaired) electrons. The molecule has 2 amide bonds. The first-order chi connectivity index (χ1) is 18.0. The third-order valence-corrected chi connectivity index (χ3v) is 7.67. The van der Waals surface area contributed by atoms with Crippen molar-refractivity contribution in [1.29, 1.82) is 0 Å². The number of ether oxygens (including phenoxy) is 1. The number of hydrogen-bond acceptors (Lipinski definition) is 6. The number of amides is 2. The van der Waals surface area contributed by atoms with Gasteiger partial charge in [0, 0.05) is 57.4 Å². The third kappa shape index (κ3) is 6.56. The van der Waals surface area contributed by atoms with Gasteiger partial charge in [-0.1, -0.05) is 36.4 Å². The Morgan fingerprint density at radius 1 is 1.05 bits per heavy atom. The third-order valence-electron chi connectivity index (χ3n) is 7.67. The lowest BCUT2D eigenvalue weighted by Crippen LogP contribution is -2.48. The summed E-state index contributed by atoms with van der Waals surface area (Å²) in [5.74, 6) is 1.25. The number of likely N-dealkylation sites (tertiary alicyclic amines) is 1. The van der Waals surface area contributed by atoms with E-state index in [1.807, 2.05) is 53.4 Å². The number of pyridine rings is 1. The molecule has 0 spiro atoms. The zero-order chi connectivity index (χ0) is 25.6. The van der Waals surface area contributed by atoms with Crippen LogP contribution in [0.4, 0.5) is 0 Å². The molecule has 2 bridgehead atoms. The number of benzene rings is 1. The Bertz CT molecular complexity index is 1110. The van der Waals surface area contributed by atoms with Gasteiger partial charge in [0.1, 0.15) is 12.4 Å². The zero-order valence-corrected chi connectivity index (χ0v) is 21.2. The van der Waals surface area contributed by atoms with Gasteiger partial charge in [0.05, 0.1) is 18.3 Å². The van der Waals surface area contributed by atoms with Crippen molar-refractivity contribution in [3.8, 4) is 5.75 Å². The van der Waals surface area contributed by atoms with E-state index >= 15 is 0 Å². The SMILES string of the molecule is O=C(C[C@@H]1CCN2C[C@@H]1C=CCOc1ccccc1CN(Cc1ccccn1)CC2=O)N1CC[C@@H](O)C1. The first kappa shape index (κ1) is 25.4. The van der Waals surface area contributed by atoms with Crippen molar-refractivity contribution < 1.29 is 19.4 Å². The molecule has 1 N–H and O–H groups in total. The second-order valence-electron chi connectivity index (χ2n) is 10.4. The second-order valence-corrected chi connectivity index (χ2v) is 10.4. The molecule has 2 aromatic rings. The number of fused-ring (bicyclic) bond motifs is 3. The lowest BCUT2D eigenvalue weighted by Gasteiger charge is -2.38. The molecule has 0 aliphatic carbocycles. The van der Waals surface area contributed by atoms with Crippen LogP contribution < -0.4 is 4.74 Å². The molecule has 0 saturated carbocycles. The molecule has 8 nitrogen and oxygen atoms in total. The Labute approximate surface area is 218 Å². The van der Waals surface area contributed by atoms with Gasteiger partial charge in [-0.2, -0.15) is 0 Å². The number of piperidine rings is 1. The fourth-order valence-electron chi connectivity index (χ4n) is 5.61. The first-order valence-electron chi connectivity index (χ1n) is 13.3. The van der Waals surface area contributed by atoms with Gasteiger partial charge in [-0.25, -0.2) is 0 Å². The summed E-state index contributed by atoms with van der Waals surface area (Å²) in [5, 5.41) is 9.84. The van der Waals surface area contributed by atoms with Crippen molar-refractivity contribution in [1.82, 2.24) is 19.7 Å². The highest BCUT2D eigenvalue weighted by Gasteiger charge is 2.34. The monoisotopic (exact) mass is 504 g/mol. The van der Waals surface area contributed by atoms with Gasteiger partial charge in [0.2, 0.25) is 11.8 Å². The predicted octanol–water partition coefficient (Wildman–Crippen LogP) is 2.48. The largest absolute Gasteiger partial charge is 0.489 e. The van der Waals surface area contributed by atoms with E-state index in [2.05, 4.69) is 16.0 Å². The average molecular weight is 505 g/mol. The van der Waals surface area contributed by atoms with Crippen LogP contribution in [0.5, 0.6) is 5.75 Å². The van der Waals surface area contributed by atoms with Gasteiger partial charge < -0.3 is 19.6 Å². The number of nitrogens with zero attached hydrogens (tertiary/aromatic N) is 4. The smallest absolute Gasteiger partial charge is 0.236 e. The normalized spacial score (nSPS) is 25.0. The second kappa shape index (κ2) is 11.9. The Morgan fingerprint density at radius 2 is 1.92 bits per heavy atom. The maximum absolute atomic E-state index is 13.5. The summed E-state index contributed by atoms with van der Waals surface area (Å²) in [6.45, 7) is 4.16. The minimum atomic E-state index is -0.414. The van der Waals surface area contributed by atoms with E-state index < -0.39 is 6.10 Å². The van der Waals surface area contributed by atoms with E-state index in [0.717, 1.165) is 23.4 Å². The van der Waals surface area contributed by atoms with Crippen LogP contribution >= 0.6 is 0 Å². The molecule has 37 heavy (non-hydrogen) atoms. The average Bonchev–Trinajstić information content (AvgIpc) is 3.35. The number of carbonyl (C=O) groups is 2. The van der Waals surface area contributed by atoms with Crippen molar-refractivity contribution in [2.75, 3.05) is 39.3 Å². The maximum atomic E-state index is 13.5. The number of β-amino-alcohol motifs (C(OH)–C–C–N with tert-alkyl or cyclic N) is 1. The van der Waals surface area contributed by atoms with Gasteiger partial charge in [0.15, 0.2) is 0 Å². The number of para-hydroxylation sites is 1. The summed E-state index contributed by atoms with van der Waals surface area (Å²) >= 11 is 0. The number of rotatable bonds is 4. The highest BCUT2D eigenvalue weighted by Crippen LogP contribution is 2.30. The molecule has 5 rings (SSSR count). The molecular formula is C29H36N4O4. The summed E-state index contributed by atoms with van der Waals surface area (Å²) in [5.41, 5.74) is 1.95. The molecule has 1 aromatic carbocycles. The molecule has 4 heterocycles. The molecule has 3 atom stereocenters. The highest BCUT2D eigenvalue weighted by atomic mass is 16.5. The Hall–Kier alpha value is -3.23. The van der Waals surface area contributed by atoms with Crippen molar-refractivity contribution in [2.24, 2.45) is 11.8 Å². The van der Waals surface area contributed by atoms with Crippen LogP contribution in [0.1, 0.15) is 30.5 Å². The van der Waals surface area contributed by atoms with Crippen LogP contribution in [0.3, 0.4) is 0 Å². The van der Waals surface area contributed by atoms with Crippen LogP contribution in [-0.4, -0.2) is 82.0 Å². The summed E-state index contributed by atoms with van der Waals surface area (Å²) in [4.78, 5) is 36.8. The molecule has 196 valence electrons. The van der Waals surface area contributed by atoms with Gasteiger partial charge in [-0.3, -0.25) is 19.5 Å².